The maximum atomic E-state index is 13.9. The van der Waals surface area contributed by atoms with Crippen LogP contribution in [-0.2, 0) is 22.7 Å². The van der Waals surface area contributed by atoms with E-state index in [1.807, 2.05) is 6.92 Å². The highest BCUT2D eigenvalue weighted by Gasteiger charge is 2.28. The van der Waals surface area contributed by atoms with Gasteiger partial charge in [0, 0.05) is 35.8 Å². The molecule has 2 N–H and O–H groups in total. The highest BCUT2D eigenvalue weighted by Crippen LogP contribution is 2.37. The first-order chi connectivity index (χ1) is 16.4. The van der Waals surface area contributed by atoms with Gasteiger partial charge >= 0.3 is 6.61 Å². The summed E-state index contributed by atoms with van der Waals surface area (Å²) in [5.41, 5.74) is 1.33. The Morgan fingerprint density at radius 3 is 2.34 bits per heavy atom. The monoisotopic (exact) mass is 510 g/mol. The molecule has 35 heavy (non-hydrogen) atoms. The van der Waals surface area contributed by atoms with Crippen LogP contribution in [0.4, 0.5) is 24.5 Å². The highest BCUT2D eigenvalue weighted by atomic mass is 32.2. The summed E-state index contributed by atoms with van der Waals surface area (Å²) in [6, 6.07) is 9.67. The largest absolute Gasteiger partial charge is 0.432 e. The quantitative estimate of drug-likeness (QED) is 0.438. The summed E-state index contributed by atoms with van der Waals surface area (Å²) in [5.74, 6) is -2.06. The maximum absolute atomic E-state index is 13.9. The summed E-state index contributed by atoms with van der Waals surface area (Å²) in [7, 11) is -3.54. The van der Waals surface area contributed by atoms with Gasteiger partial charge in [-0.15, -0.1) is 0 Å². The number of nitrogens with one attached hydrogen (secondary N) is 1. The minimum atomic E-state index is -3.54. The van der Waals surface area contributed by atoms with Crippen LogP contribution < -0.4 is 9.64 Å². The molecule has 7 nitrogen and oxygen atoms in total. The Balaban J connectivity index is 2.20. The van der Waals surface area contributed by atoms with E-state index >= 15 is 0 Å². The second kappa shape index (κ2) is 10.5. The molecule has 2 aromatic carbocycles. The van der Waals surface area contributed by atoms with Crippen molar-refractivity contribution in [1.82, 2.24) is 4.98 Å². The summed E-state index contributed by atoms with van der Waals surface area (Å²) >= 11 is 0. The number of sulfone groups is 1. The number of H-pyrrole nitrogens is 1. The number of amides is 1. The second-order valence-electron chi connectivity index (χ2n) is 7.99. The molecule has 0 saturated heterocycles. The number of aliphatic hydroxyl groups is 1. The molecule has 1 amide bonds. The molecule has 1 aromatic heterocycles. The molecule has 0 fully saturated rings. The van der Waals surface area contributed by atoms with Gasteiger partial charge in [-0.1, -0.05) is 6.92 Å². The van der Waals surface area contributed by atoms with E-state index in [-0.39, 0.29) is 28.3 Å². The molecule has 0 aliphatic rings. The molecule has 188 valence electrons. The van der Waals surface area contributed by atoms with E-state index in [0.29, 0.717) is 17.8 Å². The van der Waals surface area contributed by atoms with E-state index < -0.39 is 40.0 Å². The number of hydrogen-bond acceptors (Lipinski definition) is 5. The van der Waals surface area contributed by atoms with Crippen molar-refractivity contribution in [3.05, 3.63) is 71.3 Å². The van der Waals surface area contributed by atoms with Crippen LogP contribution in [0, 0.1) is 5.82 Å². The van der Waals surface area contributed by atoms with E-state index in [1.165, 1.54) is 24.3 Å². The number of aromatic nitrogens is 1. The topological polar surface area (TPSA) is 99.7 Å². The van der Waals surface area contributed by atoms with Gasteiger partial charge in [0.1, 0.15) is 5.82 Å². The van der Waals surface area contributed by atoms with Crippen LogP contribution >= 0.6 is 0 Å². The van der Waals surface area contributed by atoms with Crippen molar-refractivity contribution in [2.24, 2.45) is 0 Å². The predicted octanol–water partition coefficient (Wildman–Crippen LogP) is 4.62. The Labute approximate surface area is 201 Å². The molecular weight excluding hydrogens is 485 g/mol. The number of aliphatic hydroxyl groups excluding tert-OH is 1. The summed E-state index contributed by atoms with van der Waals surface area (Å²) in [6.07, 6.45) is 1.02. The van der Waals surface area contributed by atoms with E-state index in [9.17, 15) is 31.5 Å². The highest BCUT2D eigenvalue weighted by molar-refractivity contribution is 7.90. The number of hydrogen-bond donors (Lipinski definition) is 2. The molecule has 0 unspecified atom stereocenters. The Hall–Kier alpha value is -3.31. The fourth-order valence-corrected chi connectivity index (χ4v) is 4.28. The smallest absolute Gasteiger partial charge is 0.387 e. The molecule has 0 saturated carbocycles. The van der Waals surface area contributed by atoms with Crippen LogP contribution in [-0.4, -0.2) is 43.4 Å². The van der Waals surface area contributed by atoms with Crippen LogP contribution in [0.5, 0.6) is 5.75 Å². The van der Waals surface area contributed by atoms with Crippen molar-refractivity contribution >= 4 is 27.1 Å². The number of aromatic amines is 1. The molecule has 0 radical (unpaired) electrons. The van der Waals surface area contributed by atoms with Crippen molar-refractivity contribution in [2.75, 3.05) is 11.2 Å². The second-order valence-corrected chi connectivity index (χ2v) is 10.0. The third-order valence-corrected chi connectivity index (χ3v) is 6.29. The number of anilines is 2. The van der Waals surface area contributed by atoms with E-state index in [2.05, 4.69) is 9.72 Å². The summed E-state index contributed by atoms with van der Waals surface area (Å²) in [4.78, 5) is 18.0. The molecule has 0 aliphatic heterocycles. The minimum absolute atomic E-state index is 0.00748. The average Bonchev–Trinajstić information content (AvgIpc) is 3.16. The Kier molecular flexibility index (Phi) is 7.91. The standard InChI is InChI=1S/C24H25F3N2O5S/c1-4-20-19(13-16(28-20)11-14(2)30)23(31)29(17-6-8-18(9-7-17)35(3,32)33)21-10-5-15(25)12-22(21)34-24(26)27/h5-10,12-14,24,28,30H,4,11H2,1-3H3/t14-/m0/s1. The van der Waals surface area contributed by atoms with Crippen LogP contribution in [0.1, 0.15) is 35.6 Å². The maximum Gasteiger partial charge on any atom is 0.387 e. The Morgan fingerprint density at radius 2 is 1.80 bits per heavy atom. The Morgan fingerprint density at radius 1 is 1.14 bits per heavy atom. The fourth-order valence-electron chi connectivity index (χ4n) is 3.65. The first-order valence-corrected chi connectivity index (χ1v) is 12.6. The number of benzene rings is 2. The van der Waals surface area contributed by atoms with Crippen LogP contribution in [0.25, 0.3) is 0 Å². The van der Waals surface area contributed by atoms with E-state index in [4.69, 9.17) is 0 Å². The molecule has 11 heteroatoms. The molecule has 3 rings (SSSR count). The van der Waals surface area contributed by atoms with Gasteiger partial charge in [0.05, 0.1) is 22.3 Å². The molecule has 0 bridgehead atoms. The first-order valence-electron chi connectivity index (χ1n) is 10.7. The zero-order chi connectivity index (χ0) is 25.9. The number of carbonyl (C=O) groups excluding carboxylic acids is 1. The average molecular weight is 511 g/mol. The third-order valence-electron chi connectivity index (χ3n) is 5.16. The van der Waals surface area contributed by atoms with Crippen molar-refractivity contribution in [3.8, 4) is 5.75 Å². The third kappa shape index (κ3) is 6.23. The number of alkyl halides is 2. The molecule has 3 aromatic rings. The van der Waals surface area contributed by atoms with Gasteiger partial charge in [-0.05, 0) is 55.8 Å². The lowest BCUT2D eigenvalue weighted by molar-refractivity contribution is -0.0496. The van der Waals surface area contributed by atoms with Gasteiger partial charge in [0.25, 0.3) is 5.91 Å². The lowest BCUT2D eigenvalue weighted by atomic mass is 10.1. The van der Waals surface area contributed by atoms with Gasteiger partial charge in [0.15, 0.2) is 15.6 Å². The van der Waals surface area contributed by atoms with Gasteiger partial charge in [0.2, 0.25) is 0 Å². The van der Waals surface area contributed by atoms with Crippen LogP contribution in [0.2, 0.25) is 0 Å². The van der Waals surface area contributed by atoms with Crippen molar-refractivity contribution < 1.29 is 36.2 Å². The normalized spacial score (nSPS) is 12.6. The van der Waals surface area contributed by atoms with Crippen LogP contribution in [0.3, 0.4) is 0 Å². The first kappa shape index (κ1) is 26.3. The fraction of sp³-hybridized carbons (Fsp3) is 0.292. The lowest BCUT2D eigenvalue weighted by Gasteiger charge is -2.25. The molecular formula is C24H25F3N2O5S. The van der Waals surface area contributed by atoms with Crippen molar-refractivity contribution in [3.63, 3.8) is 0 Å². The predicted molar refractivity (Wildman–Crippen MR) is 125 cm³/mol. The van der Waals surface area contributed by atoms with Crippen molar-refractivity contribution in [1.29, 1.82) is 0 Å². The number of carbonyl (C=O) groups is 1. The van der Waals surface area contributed by atoms with Gasteiger partial charge in [-0.2, -0.15) is 8.78 Å². The SMILES string of the molecule is CCc1[nH]c(C[C@H](C)O)cc1C(=O)N(c1ccc(S(C)(=O)=O)cc1)c1ccc(F)cc1OC(F)F. The molecule has 1 heterocycles. The number of rotatable bonds is 9. The van der Waals surface area contributed by atoms with Crippen molar-refractivity contribution in [2.45, 2.75) is 44.3 Å². The number of nitrogens with zero attached hydrogens (tertiary/aromatic N) is 1. The van der Waals surface area contributed by atoms with Crippen LogP contribution in [0.15, 0.2) is 53.4 Å². The van der Waals surface area contributed by atoms with Gasteiger partial charge in [-0.25, -0.2) is 12.8 Å². The number of halogens is 3. The molecule has 1 atom stereocenters. The summed E-state index contributed by atoms with van der Waals surface area (Å²) in [6.45, 7) is 0.121. The number of aryl methyl sites for hydroxylation is 1. The number of ether oxygens (including phenoxy) is 1. The Bertz CT molecular complexity index is 1310. The molecule has 0 spiro atoms. The van der Waals surface area contributed by atoms with E-state index in [0.717, 1.165) is 29.4 Å². The lowest BCUT2D eigenvalue weighted by Crippen LogP contribution is -2.27. The minimum Gasteiger partial charge on any atom is -0.432 e. The zero-order valence-corrected chi connectivity index (χ0v) is 20.1. The summed E-state index contributed by atoms with van der Waals surface area (Å²) in [5, 5.41) is 9.73. The van der Waals surface area contributed by atoms with Gasteiger partial charge < -0.3 is 14.8 Å². The van der Waals surface area contributed by atoms with E-state index in [1.54, 1.807) is 13.0 Å². The van der Waals surface area contributed by atoms with Gasteiger partial charge in [-0.3, -0.25) is 9.69 Å². The zero-order valence-electron chi connectivity index (χ0n) is 19.3. The summed E-state index contributed by atoms with van der Waals surface area (Å²) < 4.78 is 68.4. The molecule has 0 aliphatic carbocycles.